The van der Waals surface area contributed by atoms with Crippen LogP contribution in [0.5, 0.6) is 11.5 Å². The van der Waals surface area contributed by atoms with E-state index in [4.69, 9.17) is 25.5 Å². The van der Waals surface area contributed by atoms with Crippen LogP contribution in [0.2, 0.25) is 5.02 Å². The molecule has 0 aliphatic carbocycles. The lowest BCUT2D eigenvalue weighted by Crippen LogP contribution is -2.39. The van der Waals surface area contributed by atoms with E-state index >= 15 is 0 Å². The SMILES string of the molecule is COc1cc2c(cc1OC)CN(CC(=O)NCc1ccc(-c3ccc(Cl)cc3)o1)CC2. The monoisotopic (exact) mass is 440 g/mol. The van der Waals surface area contributed by atoms with Gasteiger partial charge in [0.15, 0.2) is 11.5 Å². The van der Waals surface area contributed by atoms with Crippen LogP contribution in [0.4, 0.5) is 0 Å². The molecule has 0 spiro atoms. The van der Waals surface area contributed by atoms with Gasteiger partial charge in [0.05, 0.1) is 27.3 Å². The Morgan fingerprint density at radius 2 is 1.77 bits per heavy atom. The second-order valence-corrected chi connectivity index (χ2v) is 7.92. The smallest absolute Gasteiger partial charge is 0.234 e. The molecule has 0 unspecified atom stereocenters. The van der Waals surface area contributed by atoms with Crippen molar-refractivity contribution in [2.45, 2.75) is 19.5 Å². The molecule has 1 aliphatic heterocycles. The molecule has 0 bridgehead atoms. The quantitative estimate of drug-likeness (QED) is 0.593. The second-order valence-electron chi connectivity index (χ2n) is 7.49. The van der Waals surface area contributed by atoms with Gasteiger partial charge in [-0.2, -0.15) is 0 Å². The molecule has 0 fully saturated rings. The summed E-state index contributed by atoms with van der Waals surface area (Å²) in [4.78, 5) is 14.6. The van der Waals surface area contributed by atoms with Crippen LogP contribution in [-0.4, -0.2) is 38.1 Å². The Bertz CT molecular complexity index is 1060. The Hall–Kier alpha value is -2.96. The third-order valence-corrected chi connectivity index (χ3v) is 5.67. The topological polar surface area (TPSA) is 63.9 Å². The fourth-order valence-corrected chi connectivity index (χ4v) is 3.89. The highest BCUT2D eigenvalue weighted by Gasteiger charge is 2.21. The molecule has 162 valence electrons. The minimum Gasteiger partial charge on any atom is -0.493 e. The summed E-state index contributed by atoms with van der Waals surface area (Å²) >= 11 is 5.93. The van der Waals surface area contributed by atoms with Gasteiger partial charge in [-0.1, -0.05) is 11.6 Å². The third-order valence-electron chi connectivity index (χ3n) is 5.41. The number of carbonyl (C=O) groups is 1. The van der Waals surface area contributed by atoms with Gasteiger partial charge in [0.25, 0.3) is 0 Å². The van der Waals surface area contributed by atoms with Gasteiger partial charge in [-0.25, -0.2) is 0 Å². The number of carbonyl (C=O) groups excluding carboxylic acids is 1. The summed E-state index contributed by atoms with van der Waals surface area (Å²) in [6, 6.07) is 15.3. The first kappa shape index (κ1) is 21.3. The molecule has 1 amide bonds. The molecule has 2 aromatic carbocycles. The highest BCUT2D eigenvalue weighted by Crippen LogP contribution is 2.33. The maximum absolute atomic E-state index is 12.5. The molecule has 0 saturated carbocycles. The van der Waals surface area contributed by atoms with Gasteiger partial charge in [-0.3, -0.25) is 9.69 Å². The number of amides is 1. The van der Waals surface area contributed by atoms with Crippen LogP contribution in [0.3, 0.4) is 0 Å². The molecule has 31 heavy (non-hydrogen) atoms. The van der Waals surface area contributed by atoms with E-state index in [2.05, 4.69) is 10.2 Å². The van der Waals surface area contributed by atoms with Crippen LogP contribution >= 0.6 is 11.6 Å². The second kappa shape index (κ2) is 9.45. The number of halogens is 1. The minimum absolute atomic E-state index is 0.0339. The van der Waals surface area contributed by atoms with Crippen molar-refractivity contribution >= 4 is 17.5 Å². The summed E-state index contributed by atoms with van der Waals surface area (Å²) in [5, 5.41) is 3.63. The van der Waals surface area contributed by atoms with Crippen molar-refractivity contribution in [3.05, 3.63) is 70.4 Å². The van der Waals surface area contributed by atoms with Crippen molar-refractivity contribution in [2.75, 3.05) is 27.3 Å². The fraction of sp³-hybridized carbons (Fsp3) is 0.292. The van der Waals surface area contributed by atoms with Crippen molar-refractivity contribution < 1.29 is 18.7 Å². The molecule has 0 saturated heterocycles. The third kappa shape index (κ3) is 5.03. The fourth-order valence-electron chi connectivity index (χ4n) is 3.76. The Kier molecular flexibility index (Phi) is 6.49. The maximum Gasteiger partial charge on any atom is 0.234 e. The predicted octanol–water partition coefficient (Wildman–Crippen LogP) is 4.29. The van der Waals surface area contributed by atoms with Crippen LogP contribution in [0.15, 0.2) is 52.9 Å². The zero-order valence-corrected chi connectivity index (χ0v) is 18.4. The number of methoxy groups -OCH3 is 2. The van der Waals surface area contributed by atoms with Crippen LogP contribution < -0.4 is 14.8 Å². The standard InChI is InChI=1S/C24H25ClN2O4/c1-29-22-11-17-9-10-27(14-18(17)12-23(22)30-2)15-24(28)26-13-20-7-8-21(31-20)16-3-5-19(25)6-4-16/h3-8,11-12H,9-10,13-15H2,1-2H3,(H,26,28). The van der Waals surface area contributed by atoms with Gasteiger partial charge < -0.3 is 19.2 Å². The van der Waals surface area contributed by atoms with Crippen LogP contribution in [0, 0.1) is 0 Å². The van der Waals surface area contributed by atoms with Crippen molar-refractivity contribution in [3.8, 4) is 22.8 Å². The van der Waals surface area contributed by atoms with Crippen LogP contribution in [-0.2, 0) is 24.3 Å². The Labute approximate surface area is 186 Å². The summed E-state index contributed by atoms with van der Waals surface area (Å²) in [6.07, 6.45) is 0.867. The number of benzene rings is 2. The van der Waals surface area contributed by atoms with Gasteiger partial charge in [0.2, 0.25) is 5.91 Å². The normalized spacial score (nSPS) is 13.5. The molecule has 1 aromatic heterocycles. The van der Waals surface area contributed by atoms with E-state index in [1.54, 1.807) is 14.2 Å². The van der Waals surface area contributed by atoms with Gasteiger partial charge >= 0.3 is 0 Å². The highest BCUT2D eigenvalue weighted by atomic mass is 35.5. The van der Waals surface area contributed by atoms with E-state index in [0.29, 0.717) is 36.2 Å². The molecule has 4 rings (SSSR count). The lowest BCUT2D eigenvalue weighted by Gasteiger charge is -2.29. The summed E-state index contributed by atoms with van der Waals surface area (Å²) in [5.74, 6) is 2.87. The molecular formula is C24H25ClN2O4. The highest BCUT2D eigenvalue weighted by molar-refractivity contribution is 6.30. The first-order chi connectivity index (χ1) is 15.1. The molecule has 0 atom stereocenters. The van der Waals surface area contributed by atoms with E-state index in [-0.39, 0.29) is 5.91 Å². The Balaban J connectivity index is 1.31. The average Bonchev–Trinajstić information content (AvgIpc) is 3.26. The molecule has 7 heteroatoms. The largest absolute Gasteiger partial charge is 0.493 e. The van der Waals surface area contributed by atoms with E-state index in [0.717, 1.165) is 35.6 Å². The number of nitrogens with one attached hydrogen (secondary N) is 1. The number of hydrogen-bond donors (Lipinski definition) is 1. The molecular weight excluding hydrogens is 416 g/mol. The number of hydrogen-bond acceptors (Lipinski definition) is 5. The number of rotatable bonds is 7. The lowest BCUT2D eigenvalue weighted by atomic mass is 9.99. The van der Waals surface area contributed by atoms with Gasteiger partial charge in [0.1, 0.15) is 11.5 Å². The summed E-state index contributed by atoms with van der Waals surface area (Å²) in [7, 11) is 3.27. The predicted molar refractivity (Wildman–Crippen MR) is 120 cm³/mol. The first-order valence-corrected chi connectivity index (χ1v) is 10.5. The van der Waals surface area contributed by atoms with E-state index < -0.39 is 0 Å². The van der Waals surface area contributed by atoms with Gasteiger partial charge in [-0.15, -0.1) is 0 Å². The summed E-state index contributed by atoms with van der Waals surface area (Å²) < 4.78 is 16.6. The number of furan rings is 1. The molecule has 6 nitrogen and oxygen atoms in total. The summed E-state index contributed by atoms with van der Waals surface area (Å²) in [5.41, 5.74) is 3.34. The van der Waals surface area contributed by atoms with Crippen LogP contribution in [0.1, 0.15) is 16.9 Å². The molecule has 1 N–H and O–H groups in total. The van der Waals surface area contributed by atoms with Crippen molar-refractivity contribution in [1.82, 2.24) is 10.2 Å². The molecule has 1 aliphatic rings. The van der Waals surface area contributed by atoms with E-state index in [1.165, 1.54) is 5.56 Å². The Morgan fingerprint density at radius 3 is 2.48 bits per heavy atom. The zero-order valence-electron chi connectivity index (χ0n) is 17.6. The molecule has 0 radical (unpaired) electrons. The first-order valence-electron chi connectivity index (χ1n) is 10.1. The van der Waals surface area contributed by atoms with Crippen molar-refractivity contribution in [3.63, 3.8) is 0 Å². The molecule has 2 heterocycles. The number of fused-ring (bicyclic) bond motifs is 1. The molecule has 3 aromatic rings. The van der Waals surface area contributed by atoms with Gasteiger partial charge in [-0.05, 0) is 66.1 Å². The van der Waals surface area contributed by atoms with E-state index in [1.807, 2.05) is 48.5 Å². The Morgan fingerprint density at radius 1 is 1.06 bits per heavy atom. The summed E-state index contributed by atoms with van der Waals surface area (Å²) in [6.45, 7) is 2.20. The van der Waals surface area contributed by atoms with E-state index in [9.17, 15) is 4.79 Å². The maximum atomic E-state index is 12.5. The number of ether oxygens (including phenoxy) is 2. The van der Waals surface area contributed by atoms with Crippen molar-refractivity contribution in [2.24, 2.45) is 0 Å². The van der Waals surface area contributed by atoms with Crippen molar-refractivity contribution in [1.29, 1.82) is 0 Å². The zero-order chi connectivity index (χ0) is 21.8. The number of nitrogens with zero attached hydrogens (tertiary/aromatic N) is 1. The van der Waals surface area contributed by atoms with Gasteiger partial charge in [0, 0.05) is 23.7 Å². The van der Waals surface area contributed by atoms with Crippen LogP contribution in [0.25, 0.3) is 11.3 Å². The minimum atomic E-state index is -0.0339. The lowest BCUT2D eigenvalue weighted by molar-refractivity contribution is -0.122. The average molecular weight is 441 g/mol.